The predicted molar refractivity (Wildman–Crippen MR) is 107 cm³/mol. The SMILES string of the molecule is Nc1ccn(N2O[C@H](CO)[C@@H](O)[C@H]2O)c(=O)n1.O=c1cnn([C@@H]2O[C@H](CO)[C@@H](O)[C@H]2O)c(=O)[nH]1. The maximum absolute atomic E-state index is 11.5. The largest absolute Gasteiger partial charge is 0.394 e. The van der Waals surface area contributed by atoms with Crippen molar-refractivity contribution in [3.8, 4) is 0 Å². The fraction of sp³-hybridized carbons (Fsp3) is 0.562. The number of H-pyrrole nitrogens is 1. The van der Waals surface area contributed by atoms with Crippen molar-refractivity contribution in [3.05, 3.63) is 49.8 Å². The first kappa shape index (κ1) is 25.4. The Bertz CT molecular complexity index is 1150. The highest BCUT2D eigenvalue weighted by Gasteiger charge is 2.44. The van der Waals surface area contributed by atoms with Gasteiger partial charge in [-0.3, -0.25) is 9.78 Å². The van der Waals surface area contributed by atoms with E-state index < -0.39 is 73.1 Å². The van der Waals surface area contributed by atoms with Crippen LogP contribution in [-0.4, -0.2) is 105 Å². The average Bonchev–Trinajstić information content (AvgIpc) is 3.24. The summed E-state index contributed by atoms with van der Waals surface area (Å²) < 4.78 is 6.62. The number of ether oxygens (including phenoxy) is 1. The highest BCUT2D eigenvalue weighted by molar-refractivity contribution is 5.23. The van der Waals surface area contributed by atoms with Crippen LogP contribution in [0.15, 0.2) is 32.8 Å². The lowest BCUT2D eigenvalue weighted by molar-refractivity contribution is -0.0618. The van der Waals surface area contributed by atoms with Crippen molar-refractivity contribution < 1.29 is 40.2 Å². The lowest BCUT2D eigenvalue weighted by Gasteiger charge is -2.21. The Morgan fingerprint density at radius 3 is 2.24 bits per heavy atom. The Morgan fingerprint density at radius 2 is 1.71 bits per heavy atom. The van der Waals surface area contributed by atoms with E-state index in [4.69, 9.17) is 25.5 Å². The topological polar surface area (TPSA) is 272 Å². The molecule has 18 heteroatoms. The van der Waals surface area contributed by atoms with Gasteiger partial charge >= 0.3 is 11.4 Å². The first-order valence-corrected chi connectivity index (χ1v) is 9.68. The maximum atomic E-state index is 11.5. The standard InChI is InChI=1S/C8H12N4O5.C8H11N3O6/c9-5-1-2-11(8(16)10-5)12-7(15)6(14)4(3-13)17-12;12-2-3-5(14)6(15)7(17-3)11-8(16)10-4(13)1-9-11/h1-2,4,6-7,13-15H,3H2,(H2,9,10,16);1,3,5-7,12,14-15H,2H2,(H,10,13,16)/t4-,6-,7-;3-,5-,6-,7-/m11/s1. The molecular formula is C16H23N7O11. The summed E-state index contributed by atoms with van der Waals surface area (Å²) in [6.45, 7) is -1.00. The fourth-order valence-corrected chi connectivity index (χ4v) is 3.09. The van der Waals surface area contributed by atoms with Gasteiger partial charge in [0.25, 0.3) is 5.56 Å². The molecule has 0 amide bonds. The highest BCUT2D eigenvalue weighted by atomic mass is 16.8. The van der Waals surface area contributed by atoms with E-state index in [-0.39, 0.29) is 5.82 Å². The number of hydrogen-bond acceptors (Lipinski definition) is 15. The van der Waals surface area contributed by atoms with E-state index >= 15 is 0 Å². The number of nitrogen functional groups attached to an aromatic ring is 1. The van der Waals surface area contributed by atoms with Gasteiger partial charge in [0.05, 0.1) is 13.2 Å². The molecule has 2 aromatic rings. The normalized spacial score (nSPS) is 30.8. The molecule has 2 aliphatic heterocycles. The third-order valence-corrected chi connectivity index (χ3v) is 4.85. The molecule has 0 spiro atoms. The van der Waals surface area contributed by atoms with Gasteiger partial charge in [-0.05, 0) is 6.07 Å². The predicted octanol–water partition coefficient (Wildman–Crippen LogP) is -6.71. The van der Waals surface area contributed by atoms with Crippen LogP contribution in [0.3, 0.4) is 0 Å². The summed E-state index contributed by atoms with van der Waals surface area (Å²) in [6.07, 6.45) is -6.72. The number of nitrogens with zero attached hydrogens (tertiary/aromatic N) is 5. The first-order chi connectivity index (χ1) is 16.1. The number of anilines is 1. The van der Waals surface area contributed by atoms with Crippen LogP contribution in [-0.2, 0) is 9.57 Å². The van der Waals surface area contributed by atoms with E-state index in [1.54, 1.807) is 0 Å². The molecule has 0 aliphatic carbocycles. The quantitative estimate of drug-likeness (QED) is 0.198. The third-order valence-electron chi connectivity index (χ3n) is 4.85. The number of nitrogens with two attached hydrogens (primary N) is 1. The fourth-order valence-electron chi connectivity index (χ4n) is 3.09. The molecule has 0 radical (unpaired) electrons. The van der Waals surface area contributed by atoms with Crippen LogP contribution in [0.4, 0.5) is 5.82 Å². The molecule has 0 bridgehead atoms. The zero-order chi connectivity index (χ0) is 25.2. The molecule has 34 heavy (non-hydrogen) atoms. The summed E-state index contributed by atoms with van der Waals surface area (Å²) in [5.41, 5.74) is 2.99. The number of aliphatic hydroxyl groups excluding tert-OH is 6. The van der Waals surface area contributed by atoms with Crippen molar-refractivity contribution in [2.75, 3.05) is 24.1 Å². The lowest BCUT2D eigenvalue weighted by Crippen LogP contribution is -2.47. The van der Waals surface area contributed by atoms with Crippen molar-refractivity contribution in [1.82, 2.24) is 24.4 Å². The van der Waals surface area contributed by atoms with Crippen molar-refractivity contribution in [1.29, 1.82) is 0 Å². The minimum absolute atomic E-state index is 0.0270. The van der Waals surface area contributed by atoms with Crippen LogP contribution < -0.4 is 27.8 Å². The molecule has 0 unspecified atom stereocenters. The summed E-state index contributed by atoms with van der Waals surface area (Å²) in [6, 6.07) is 1.33. The molecule has 4 heterocycles. The van der Waals surface area contributed by atoms with E-state index in [9.17, 15) is 34.8 Å². The van der Waals surface area contributed by atoms with Crippen LogP contribution >= 0.6 is 0 Å². The highest BCUT2D eigenvalue weighted by Crippen LogP contribution is 2.27. The van der Waals surface area contributed by atoms with Gasteiger partial charge in [0, 0.05) is 6.20 Å². The Hall–Kier alpha value is -3.23. The van der Waals surface area contributed by atoms with Crippen molar-refractivity contribution in [2.24, 2.45) is 0 Å². The molecule has 2 saturated heterocycles. The monoisotopic (exact) mass is 489 g/mol. The lowest BCUT2D eigenvalue weighted by atomic mass is 10.1. The Morgan fingerprint density at radius 1 is 1.03 bits per heavy atom. The average molecular weight is 489 g/mol. The maximum Gasteiger partial charge on any atom is 0.370 e. The second kappa shape index (κ2) is 10.4. The van der Waals surface area contributed by atoms with Gasteiger partial charge in [0.1, 0.15) is 42.5 Å². The van der Waals surface area contributed by atoms with Gasteiger partial charge in [-0.25, -0.2) is 14.4 Å². The number of hydrogen-bond donors (Lipinski definition) is 8. The molecule has 0 saturated carbocycles. The zero-order valence-electron chi connectivity index (χ0n) is 17.2. The number of hydroxylamine groups is 1. The summed E-state index contributed by atoms with van der Waals surface area (Å²) in [5.74, 6) is 0.0270. The van der Waals surface area contributed by atoms with Gasteiger partial charge in [0.15, 0.2) is 12.5 Å². The second-order valence-corrected chi connectivity index (χ2v) is 7.13. The Kier molecular flexibility index (Phi) is 7.74. The van der Waals surface area contributed by atoms with E-state index in [2.05, 4.69) is 10.1 Å². The van der Waals surface area contributed by atoms with E-state index in [0.29, 0.717) is 4.68 Å². The molecule has 2 aromatic heterocycles. The van der Waals surface area contributed by atoms with Gasteiger partial charge in [-0.2, -0.15) is 24.6 Å². The minimum Gasteiger partial charge on any atom is -0.394 e. The third kappa shape index (κ3) is 4.98. The van der Waals surface area contributed by atoms with Crippen LogP contribution in [0.2, 0.25) is 0 Å². The van der Waals surface area contributed by atoms with E-state index in [0.717, 1.165) is 16.0 Å². The molecule has 9 N–H and O–H groups in total. The number of nitrogens with one attached hydrogen (secondary N) is 1. The molecular weight excluding hydrogens is 466 g/mol. The Labute approximate surface area is 188 Å². The number of aliphatic hydroxyl groups is 6. The molecule has 4 rings (SSSR count). The summed E-state index contributed by atoms with van der Waals surface area (Å²) in [4.78, 5) is 44.0. The van der Waals surface area contributed by atoms with E-state index in [1.807, 2.05) is 4.98 Å². The van der Waals surface area contributed by atoms with Crippen LogP contribution in [0.25, 0.3) is 0 Å². The van der Waals surface area contributed by atoms with Crippen molar-refractivity contribution in [3.63, 3.8) is 0 Å². The number of aromatic nitrogens is 5. The zero-order valence-corrected chi connectivity index (χ0v) is 17.2. The van der Waals surface area contributed by atoms with E-state index in [1.165, 1.54) is 12.3 Å². The molecule has 18 nitrogen and oxygen atoms in total. The summed E-state index contributed by atoms with van der Waals surface area (Å²) >= 11 is 0. The van der Waals surface area contributed by atoms with Crippen LogP contribution in [0.5, 0.6) is 0 Å². The summed E-state index contributed by atoms with van der Waals surface area (Å²) in [7, 11) is 0. The molecule has 0 aromatic carbocycles. The molecule has 2 aliphatic rings. The molecule has 188 valence electrons. The van der Waals surface area contributed by atoms with Crippen LogP contribution in [0, 0.1) is 0 Å². The van der Waals surface area contributed by atoms with Gasteiger partial charge in [-0.1, -0.05) is 0 Å². The Balaban J connectivity index is 0.000000191. The van der Waals surface area contributed by atoms with Crippen molar-refractivity contribution >= 4 is 5.82 Å². The van der Waals surface area contributed by atoms with Crippen molar-refractivity contribution in [2.45, 2.75) is 43.0 Å². The van der Waals surface area contributed by atoms with Gasteiger partial charge < -0.3 is 41.1 Å². The molecule has 7 atom stereocenters. The molecule has 2 fully saturated rings. The van der Waals surface area contributed by atoms with Gasteiger partial charge in [0.2, 0.25) is 0 Å². The van der Waals surface area contributed by atoms with Crippen LogP contribution in [0.1, 0.15) is 6.23 Å². The smallest absolute Gasteiger partial charge is 0.370 e. The summed E-state index contributed by atoms with van der Waals surface area (Å²) in [5, 5.41) is 60.2. The second-order valence-electron chi connectivity index (χ2n) is 7.13. The minimum atomic E-state index is -1.48. The number of aromatic amines is 1. The first-order valence-electron chi connectivity index (χ1n) is 9.68. The van der Waals surface area contributed by atoms with Gasteiger partial charge in [-0.15, -0.1) is 0 Å². The number of rotatable bonds is 4.